The van der Waals surface area contributed by atoms with E-state index in [-0.39, 0.29) is 11.4 Å². The summed E-state index contributed by atoms with van der Waals surface area (Å²) in [5.74, 6) is -0.306. The average Bonchev–Trinajstić information content (AvgIpc) is 2.57. The molecule has 0 unspecified atom stereocenters. The summed E-state index contributed by atoms with van der Waals surface area (Å²) in [5, 5.41) is 0. The lowest BCUT2D eigenvalue weighted by Crippen LogP contribution is -2.39. The van der Waals surface area contributed by atoms with E-state index in [0.717, 1.165) is 25.7 Å². The van der Waals surface area contributed by atoms with E-state index in [9.17, 15) is 9.18 Å². The predicted octanol–water partition coefficient (Wildman–Crippen LogP) is 3.02. The highest BCUT2D eigenvalue weighted by Crippen LogP contribution is 2.36. The van der Waals surface area contributed by atoms with Gasteiger partial charge in [0.05, 0.1) is 5.69 Å². The minimum absolute atomic E-state index is 0.0695. The third-order valence-electron chi connectivity index (χ3n) is 3.32. The molecule has 0 atom stereocenters. The normalized spacial score (nSPS) is 18.8. The van der Waals surface area contributed by atoms with Crippen LogP contribution in [0.1, 0.15) is 37.0 Å². The number of nitrogens with zero attached hydrogens (tertiary/aromatic N) is 1. The van der Waals surface area contributed by atoms with E-state index in [0.29, 0.717) is 11.3 Å². The van der Waals surface area contributed by atoms with Crippen LogP contribution in [0.5, 0.6) is 0 Å². The third-order valence-corrected chi connectivity index (χ3v) is 3.32. The maximum atomic E-state index is 13.8. The zero-order chi connectivity index (χ0) is 11.8. The molecule has 0 radical (unpaired) electrons. The van der Waals surface area contributed by atoms with Crippen LogP contribution in [0.3, 0.4) is 0 Å². The van der Waals surface area contributed by atoms with Gasteiger partial charge in [0.1, 0.15) is 5.82 Å². The molecule has 1 aliphatic heterocycles. The lowest BCUT2D eigenvalue weighted by Gasteiger charge is -2.34. The number of para-hydroxylation sites is 1. The first kappa shape index (κ1) is 11.1. The Kier molecular flexibility index (Phi) is 2.70. The number of rotatable bonds is 2. The van der Waals surface area contributed by atoms with Gasteiger partial charge in [0, 0.05) is 17.6 Å². The van der Waals surface area contributed by atoms with E-state index in [1.54, 1.807) is 12.1 Å². The van der Waals surface area contributed by atoms with Crippen molar-refractivity contribution in [2.45, 2.75) is 32.2 Å². The molecule has 1 aromatic rings. The number of hydrogen-bond acceptors (Lipinski definition) is 2. The van der Waals surface area contributed by atoms with Gasteiger partial charge in [-0.3, -0.25) is 4.79 Å². The second-order valence-corrected chi connectivity index (χ2v) is 4.86. The van der Waals surface area contributed by atoms with Crippen molar-refractivity contribution in [3.63, 3.8) is 0 Å². The van der Waals surface area contributed by atoms with Gasteiger partial charge in [-0.2, -0.15) is 0 Å². The van der Waals surface area contributed by atoms with E-state index in [2.05, 4.69) is 13.8 Å². The molecule has 86 valence electrons. The largest absolute Gasteiger partial charge is 0.363 e. The van der Waals surface area contributed by atoms with Gasteiger partial charge < -0.3 is 4.90 Å². The Morgan fingerprint density at radius 3 is 2.75 bits per heavy atom. The number of hydrogen-bond donors (Lipinski definition) is 0. The number of benzene rings is 1. The third kappa shape index (κ3) is 1.70. The molecular weight excluding hydrogens is 205 g/mol. The average molecular weight is 221 g/mol. The highest BCUT2D eigenvalue weighted by molar-refractivity contribution is 5.85. The summed E-state index contributed by atoms with van der Waals surface area (Å²) in [6.45, 7) is 4.98. The second-order valence-electron chi connectivity index (χ2n) is 4.86. The molecule has 0 aromatic heterocycles. The molecule has 0 bridgehead atoms. The van der Waals surface area contributed by atoms with Crippen LogP contribution in [0.25, 0.3) is 0 Å². The lowest BCUT2D eigenvalue weighted by molar-refractivity contribution is 0.112. The summed E-state index contributed by atoms with van der Waals surface area (Å²) < 4.78 is 13.8. The van der Waals surface area contributed by atoms with Crippen LogP contribution < -0.4 is 4.90 Å². The highest BCUT2D eigenvalue weighted by Gasteiger charge is 2.34. The number of carbonyl (C=O) groups excluding carboxylic acids is 1. The topological polar surface area (TPSA) is 20.3 Å². The lowest BCUT2D eigenvalue weighted by atomic mass is 10.0. The molecule has 0 saturated carbocycles. The molecule has 0 spiro atoms. The van der Waals surface area contributed by atoms with Crippen molar-refractivity contribution < 1.29 is 9.18 Å². The molecule has 1 aliphatic rings. The quantitative estimate of drug-likeness (QED) is 0.715. The molecule has 3 heteroatoms. The molecule has 0 N–H and O–H groups in total. The molecule has 1 aromatic carbocycles. The number of anilines is 1. The highest BCUT2D eigenvalue weighted by atomic mass is 19.1. The smallest absolute Gasteiger partial charge is 0.152 e. The Morgan fingerprint density at radius 2 is 2.19 bits per heavy atom. The van der Waals surface area contributed by atoms with E-state index in [1.165, 1.54) is 6.07 Å². The Hall–Kier alpha value is -1.38. The van der Waals surface area contributed by atoms with Crippen molar-refractivity contribution in [2.24, 2.45) is 0 Å². The van der Waals surface area contributed by atoms with E-state index >= 15 is 0 Å². The van der Waals surface area contributed by atoms with Crippen molar-refractivity contribution in [1.82, 2.24) is 0 Å². The van der Waals surface area contributed by atoms with Crippen molar-refractivity contribution in [2.75, 3.05) is 11.4 Å². The van der Waals surface area contributed by atoms with Crippen molar-refractivity contribution >= 4 is 12.0 Å². The van der Waals surface area contributed by atoms with Crippen molar-refractivity contribution in [3.8, 4) is 0 Å². The summed E-state index contributed by atoms with van der Waals surface area (Å²) in [5.41, 5.74) is 0.829. The molecule has 2 nitrogen and oxygen atoms in total. The van der Waals surface area contributed by atoms with Gasteiger partial charge in [0.25, 0.3) is 0 Å². The molecule has 0 amide bonds. The van der Waals surface area contributed by atoms with E-state index < -0.39 is 0 Å². The summed E-state index contributed by atoms with van der Waals surface area (Å²) in [4.78, 5) is 13.0. The fourth-order valence-corrected chi connectivity index (χ4v) is 2.43. The molecule has 0 aliphatic carbocycles. The fourth-order valence-electron chi connectivity index (χ4n) is 2.43. The van der Waals surface area contributed by atoms with Gasteiger partial charge in [-0.25, -0.2) is 4.39 Å². The van der Waals surface area contributed by atoms with Crippen molar-refractivity contribution in [3.05, 3.63) is 29.6 Å². The minimum atomic E-state index is -0.306. The van der Waals surface area contributed by atoms with Crippen LogP contribution in [0.2, 0.25) is 0 Å². The van der Waals surface area contributed by atoms with E-state index in [4.69, 9.17) is 0 Å². The Balaban J connectivity index is 2.51. The summed E-state index contributed by atoms with van der Waals surface area (Å²) in [6.07, 6.45) is 2.80. The molecule has 1 saturated heterocycles. The van der Waals surface area contributed by atoms with Gasteiger partial charge in [-0.05, 0) is 38.8 Å². The molecule has 2 rings (SSSR count). The summed E-state index contributed by atoms with van der Waals surface area (Å²) >= 11 is 0. The minimum Gasteiger partial charge on any atom is -0.363 e. The summed E-state index contributed by atoms with van der Waals surface area (Å²) in [6, 6.07) is 4.65. The molecular formula is C13H16FNO. The van der Waals surface area contributed by atoms with Crippen LogP contribution in [0.4, 0.5) is 10.1 Å². The van der Waals surface area contributed by atoms with Crippen LogP contribution in [0.15, 0.2) is 18.2 Å². The van der Waals surface area contributed by atoms with Gasteiger partial charge in [0.15, 0.2) is 6.29 Å². The maximum absolute atomic E-state index is 13.8. The monoisotopic (exact) mass is 221 g/mol. The maximum Gasteiger partial charge on any atom is 0.152 e. The zero-order valence-corrected chi connectivity index (χ0v) is 9.66. The zero-order valence-electron chi connectivity index (χ0n) is 9.66. The first-order valence-corrected chi connectivity index (χ1v) is 5.57. The molecule has 1 heterocycles. The first-order valence-electron chi connectivity index (χ1n) is 5.57. The van der Waals surface area contributed by atoms with Gasteiger partial charge >= 0.3 is 0 Å². The number of halogens is 1. The van der Waals surface area contributed by atoms with E-state index in [1.807, 2.05) is 4.90 Å². The Labute approximate surface area is 95.1 Å². The second kappa shape index (κ2) is 3.89. The van der Waals surface area contributed by atoms with Gasteiger partial charge in [-0.1, -0.05) is 6.07 Å². The van der Waals surface area contributed by atoms with Crippen LogP contribution in [0, 0.1) is 5.82 Å². The number of aldehydes is 1. The van der Waals surface area contributed by atoms with Crippen molar-refractivity contribution in [1.29, 1.82) is 0 Å². The summed E-state index contributed by atoms with van der Waals surface area (Å²) in [7, 11) is 0. The standard InChI is InChI=1S/C13H16FNO/c1-13(2)7-4-8-15(13)12-10(9-16)5-3-6-11(12)14/h3,5-6,9H,4,7-8H2,1-2H3. The van der Waals surface area contributed by atoms with Crippen LogP contribution >= 0.6 is 0 Å². The Bertz CT molecular complexity index is 414. The number of carbonyl (C=O) groups is 1. The van der Waals surface area contributed by atoms with Crippen LogP contribution in [-0.4, -0.2) is 18.4 Å². The SMILES string of the molecule is CC1(C)CCCN1c1c(F)cccc1C=O. The fraction of sp³-hybridized carbons (Fsp3) is 0.462. The molecule has 1 fully saturated rings. The first-order chi connectivity index (χ1) is 7.56. The molecule has 16 heavy (non-hydrogen) atoms. The Morgan fingerprint density at radius 1 is 1.44 bits per heavy atom. The van der Waals surface area contributed by atoms with Gasteiger partial charge in [0.2, 0.25) is 0 Å². The van der Waals surface area contributed by atoms with Gasteiger partial charge in [-0.15, -0.1) is 0 Å². The van der Waals surface area contributed by atoms with Crippen LogP contribution in [-0.2, 0) is 0 Å². The predicted molar refractivity (Wildman–Crippen MR) is 62.4 cm³/mol.